The summed E-state index contributed by atoms with van der Waals surface area (Å²) < 4.78 is 6.58. The van der Waals surface area contributed by atoms with Gasteiger partial charge in [-0.25, -0.2) is 0 Å². The third-order valence-electron chi connectivity index (χ3n) is 3.41. The molecular weight excluding hydrogens is 378 g/mol. The molecule has 1 atom stereocenters. The molecule has 1 aliphatic heterocycles. The van der Waals surface area contributed by atoms with Crippen LogP contribution in [0.2, 0.25) is 0 Å². The zero-order valence-corrected chi connectivity index (χ0v) is 14.4. The molecule has 3 N–H and O–H groups in total. The van der Waals surface area contributed by atoms with E-state index in [4.69, 9.17) is 22.7 Å². The van der Waals surface area contributed by atoms with Crippen LogP contribution in [0.3, 0.4) is 0 Å². The Morgan fingerprint density at radius 2 is 2.09 bits per heavy atom. The largest absolute Gasteiger partial charge is 0.477 e. The van der Waals surface area contributed by atoms with Crippen LogP contribution in [0.4, 0.5) is 11.4 Å². The summed E-state index contributed by atoms with van der Waals surface area (Å²) in [6, 6.07) is 15.1. The Hall–Kier alpha value is -2.12. The third-order valence-corrected chi connectivity index (χ3v) is 4.23. The quantitative estimate of drug-likeness (QED) is 0.770. The first-order valence-corrected chi connectivity index (χ1v) is 8.14. The smallest absolute Gasteiger partial charge is 0.260 e. The minimum Gasteiger partial charge on any atom is -0.477 e. The van der Waals surface area contributed by atoms with Crippen molar-refractivity contribution < 1.29 is 9.53 Å². The summed E-state index contributed by atoms with van der Waals surface area (Å²) in [7, 11) is 0. The van der Waals surface area contributed by atoms with E-state index in [0.717, 1.165) is 15.8 Å². The number of nitrogens with two attached hydrogens (primary N) is 1. The maximum atomic E-state index is 11.5. The standard InChI is InChI=1S/C16H14BrN3O2S/c17-10-4-3-5-11(8-10)19-16(23)20-9-14(15(18)21)22-13-7-2-1-6-12(13)20/h1-8,14H,9H2,(H2,18,21)(H,19,23)/t14-/m1/s1. The Labute approximate surface area is 147 Å². The number of hydrogen-bond acceptors (Lipinski definition) is 3. The molecule has 0 unspecified atom stereocenters. The fourth-order valence-electron chi connectivity index (χ4n) is 2.33. The number of amides is 1. The van der Waals surface area contributed by atoms with Crippen LogP contribution in [0, 0.1) is 0 Å². The minimum absolute atomic E-state index is 0.270. The number of para-hydroxylation sites is 2. The SMILES string of the molecule is NC(=O)[C@H]1CN(C(=S)Nc2cccc(Br)c2)c2ccccc2O1. The number of nitrogens with zero attached hydrogens (tertiary/aromatic N) is 1. The molecule has 7 heteroatoms. The summed E-state index contributed by atoms with van der Waals surface area (Å²) >= 11 is 8.93. The Kier molecular flexibility index (Phi) is 4.49. The molecule has 0 aromatic heterocycles. The van der Waals surface area contributed by atoms with E-state index < -0.39 is 12.0 Å². The average molecular weight is 392 g/mol. The summed E-state index contributed by atoms with van der Waals surface area (Å²) in [5, 5.41) is 3.65. The van der Waals surface area contributed by atoms with Crippen molar-refractivity contribution in [2.45, 2.75) is 6.10 Å². The number of ether oxygens (including phenoxy) is 1. The van der Waals surface area contributed by atoms with E-state index in [2.05, 4.69) is 21.2 Å². The van der Waals surface area contributed by atoms with Crippen LogP contribution < -0.4 is 20.7 Å². The second kappa shape index (κ2) is 6.55. The van der Waals surface area contributed by atoms with Crippen LogP contribution >= 0.6 is 28.1 Å². The molecule has 2 aromatic carbocycles. The average Bonchev–Trinajstić information content (AvgIpc) is 2.53. The number of rotatable bonds is 2. The number of thiocarbonyl (C=S) groups is 1. The highest BCUT2D eigenvalue weighted by Gasteiger charge is 2.31. The molecule has 0 bridgehead atoms. The Balaban J connectivity index is 1.88. The number of carbonyl (C=O) groups excluding carboxylic acids is 1. The second-order valence-electron chi connectivity index (χ2n) is 5.03. The lowest BCUT2D eigenvalue weighted by atomic mass is 10.2. The minimum atomic E-state index is -0.743. The monoisotopic (exact) mass is 391 g/mol. The van der Waals surface area contributed by atoms with Gasteiger partial charge in [-0.15, -0.1) is 0 Å². The van der Waals surface area contributed by atoms with Gasteiger partial charge in [0.1, 0.15) is 5.75 Å². The van der Waals surface area contributed by atoms with Gasteiger partial charge in [-0.3, -0.25) is 4.79 Å². The predicted octanol–water partition coefficient (Wildman–Crippen LogP) is 2.90. The molecule has 3 rings (SSSR count). The Morgan fingerprint density at radius 3 is 2.83 bits per heavy atom. The molecule has 1 aliphatic rings. The van der Waals surface area contributed by atoms with Gasteiger partial charge in [0, 0.05) is 10.2 Å². The van der Waals surface area contributed by atoms with Gasteiger partial charge in [0.15, 0.2) is 11.2 Å². The molecule has 0 saturated heterocycles. The van der Waals surface area contributed by atoms with Crippen molar-refractivity contribution in [2.75, 3.05) is 16.8 Å². The number of benzene rings is 2. The van der Waals surface area contributed by atoms with Crippen LogP contribution in [0.1, 0.15) is 0 Å². The first kappa shape index (κ1) is 15.8. The molecule has 5 nitrogen and oxygen atoms in total. The predicted molar refractivity (Wildman–Crippen MR) is 97.8 cm³/mol. The highest BCUT2D eigenvalue weighted by molar-refractivity contribution is 9.10. The van der Waals surface area contributed by atoms with Gasteiger partial charge >= 0.3 is 0 Å². The highest BCUT2D eigenvalue weighted by atomic mass is 79.9. The van der Waals surface area contributed by atoms with Crippen LogP contribution in [0.15, 0.2) is 53.0 Å². The molecule has 23 heavy (non-hydrogen) atoms. The molecule has 1 heterocycles. The van der Waals surface area contributed by atoms with Crippen molar-refractivity contribution in [3.05, 3.63) is 53.0 Å². The van der Waals surface area contributed by atoms with Gasteiger partial charge in [0.25, 0.3) is 5.91 Å². The molecular formula is C16H14BrN3O2S. The number of carbonyl (C=O) groups is 1. The molecule has 1 amide bonds. The molecule has 118 valence electrons. The maximum absolute atomic E-state index is 11.5. The number of halogens is 1. The van der Waals surface area contributed by atoms with Gasteiger partial charge in [-0.2, -0.15) is 0 Å². The summed E-state index contributed by atoms with van der Waals surface area (Å²) in [5.41, 5.74) is 7.05. The Morgan fingerprint density at radius 1 is 1.30 bits per heavy atom. The topological polar surface area (TPSA) is 67.6 Å². The van der Waals surface area contributed by atoms with Crippen LogP contribution in [-0.2, 0) is 4.79 Å². The molecule has 0 fully saturated rings. The van der Waals surface area contributed by atoms with E-state index in [9.17, 15) is 4.79 Å². The number of fused-ring (bicyclic) bond motifs is 1. The van der Waals surface area contributed by atoms with E-state index in [1.54, 1.807) is 6.07 Å². The number of hydrogen-bond donors (Lipinski definition) is 2. The van der Waals surface area contributed by atoms with Gasteiger partial charge in [-0.05, 0) is 42.5 Å². The van der Waals surface area contributed by atoms with Gasteiger partial charge in [-0.1, -0.05) is 34.1 Å². The lowest BCUT2D eigenvalue weighted by Crippen LogP contribution is -2.50. The zero-order chi connectivity index (χ0) is 16.4. The van der Waals surface area contributed by atoms with Crippen molar-refractivity contribution >= 4 is 50.5 Å². The van der Waals surface area contributed by atoms with Crippen LogP contribution in [0.5, 0.6) is 5.75 Å². The summed E-state index contributed by atoms with van der Waals surface area (Å²) in [6.45, 7) is 0.270. The first-order chi connectivity index (χ1) is 11.0. The normalized spacial score (nSPS) is 16.2. The van der Waals surface area contributed by atoms with Gasteiger partial charge in [0.2, 0.25) is 0 Å². The van der Waals surface area contributed by atoms with Crippen molar-refractivity contribution in [3.63, 3.8) is 0 Å². The van der Waals surface area contributed by atoms with E-state index >= 15 is 0 Å². The van der Waals surface area contributed by atoms with Crippen molar-refractivity contribution in [3.8, 4) is 5.75 Å². The fourth-order valence-corrected chi connectivity index (χ4v) is 3.02. The molecule has 0 aliphatic carbocycles. The number of anilines is 2. The van der Waals surface area contributed by atoms with Crippen molar-refractivity contribution in [1.29, 1.82) is 0 Å². The van der Waals surface area contributed by atoms with Crippen LogP contribution in [-0.4, -0.2) is 23.7 Å². The third kappa shape index (κ3) is 3.46. The zero-order valence-electron chi connectivity index (χ0n) is 12.0. The number of primary amides is 1. The molecule has 0 spiro atoms. The van der Waals surface area contributed by atoms with E-state index in [1.807, 2.05) is 47.4 Å². The van der Waals surface area contributed by atoms with Crippen molar-refractivity contribution in [1.82, 2.24) is 0 Å². The highest BCUT2D eigenvalue weighted by Crippen LogP contribution is 2.33. The summed E-state index contributed by atoms with van der Waals surface area (Å²) in [6.07, 6.45) is -0.743. The summed E-state index contributed by atoms with van der Waals surface area (Å²) in [5.74, 6) is 0.0655. The van der Waals surface area contributed by atoms with Crippen molar-refractivity contribution in [2.24, 2.45) is 5.73 Å². The molecule has 0 radical (unpaired) electrons. The summed E-state index contributed by atoms with van der Waals surface area (Å²) in [4.78, 5) is 13.4. The number of nitrogens with one attached hydrogen (secondary N) is 1. The fraction of sp³-hybridized carbons (Fsp3) is 0.125. The Bertz CT molecular complexity index is 768. The molecule has 0 saturated carbocycles. The first-order valence-electron chi connectivity index (χ1n) is 6.93. The van der Waals surface area contributed by atoms with E-state index in [0.29, 0.717) is 10.9 Å². The maximum Gasteiger partial charge on any atom is 0.260 e. The molecule has 2 aromatic rings. The second-order valence-corrected chi connectivity index (χ2v) is 6.33. The lowest BCUT2D eigenvalue weighted by Gasteiger charge is -2.35. The van der Waals surface area contributed by atoms with Gasteiger partial charge in [0.05, 0.1) is 12.2 Å². The van der Waals surface area contributed by atoms with Gasteiger partial charge < -0.3 is 20.7 Å². The van der Waals surface area contributed by atoms with E-state index in [1.165, 1.54) is 0 Å². The van der Waals surface area contributed by atoms with E-state index in [-0.39, 0.29) is 6.54 Å². The van der Waals surface area contributed by atoms with Crippen LogP contribution in [0.25, 0.3) is 0 Å². The lowest BCUT2D eigenvalue weighted by molar-refractivity contribution is -0.124.